The number of benzene rings is 3. The Labute approximate surface area is 205 Å². The first-order valence-electron chi connectivity index (χ1n) is 12.2. The molecule has 0 saturated carbocycles. The van der Waals surface area contributed by atoms with Crippen molar-refractivity contribution in [1.82, 2.24) is 4.90 Å². The van der Waals surface area contributed by atoms with Crippen molar-refractivity contribution < 1.29 is 4.74 Å². The van der Waals surface area contributed by atoms with Crippen molar-refractivity contribution in [2.75, 3.05) is 32.5 Å². The van der Waals surface area contributed by atoms with E-state index in [9.17, 15) is 0 Å². The number of hydrogen-bond donors (Lipinski definition) is 1. The Morgan fingerprint density at radius 1 is 0.909 bits per heavy atom. The van der Waals surface area contributed by atoms with Crippen LogP contribution in [0, 0.1) is 6.92 Å². The zero-order chi connectivity index (χ0) is 23.1. The summed E-state index contributed by atoms with van der Waals surface area (Å²) >= 11 is 3.53. The van der Waals surface area contributed by atoms with Gasteiger partial charge < -0.3 is 9.64 Å². The van der Waals surface area contributed by atoms with Gasteiger partial charge in [0, 0.05) is 5.41 Å². The maximum absolute atomic E-state index is 6.17. The molecule has 174 valence electrons. The normalized spacial score (nSPS) is 21.1. The van der Waals surface area contributed by atoms with Crippen LogP contribution in [0.15, 0.2) is 78.9 Å². The molecule has 1 unspecified atom stereocenters. The highest BCUT2D eigenvalue weighted by atomic mass is 32.1. The van der Waals surface area contributed by atoms with Gasteiger partial charge in [-0.2, -0.15) is 12.6 Å². The Bertz CT molecular complexity index is 1010. The second kappa shape index (κ2) is 11.4. The largest absolute Gasteiger partial charge is 0.375 e. The van der Waals surface area contributed by atoms with E-state index >= 15 is 0 Å². The second-order valence-corrected chi connectivity index (χ2v) is 9.38. The zero-order valence-corrected chi connectivity index (χ0v) is 20.9. The smallest absolute Gasteiger partial charge is 0.0720 e. The molecular formula is C30H37NOS. The highest BCUT2D eigenvalue weighted by molar-refractivity contribution is 7.79. The number of nitrogens with zero attached hydrogens (tertiary/aromatic N) is 1. The Morgan fingerprint density at radius 3 is 2.39 bits per heavy atom. The summed E-state index contributed by atoms with van der Waals surface area (Å²) in [7, 11) is 0. The van der Waals surface area contributed by atoms with Gasteiger partial charge in [0.2, 0.25) is 0 Å². The predicted octanol–water partition coefficient (Wildman–Crippen LogP) is 6.63. The van der Waals surface area contributed by atoms with Gasteiger partial charge in [0.15, 0.2) is 0 Å². The van der Waals surface area contributed by atoms with Crippen molar-refractivity contribution in [2.45, 2.75) is 44.1 Å². The van der Waals surface area contributed by atoms with Gasteiger partial charge in [0.1, 0.15) is 0 Å². The third kappa shape index (κ3) is 5.37. The van der Waals surface area contributed by atoms with Crippen LogP contribution in [0.3, 0.4) is 0 Å². The summed E-state index contributed by atoms with van der Waals surface area (Å²) in [6, 6.07) is 29.0. The van der Waals surface area contributed by atoms with Crippen LogP contribution in [0.25, 0.3) is 0 Å². The van der Waals surface area contributed by atoms with E-state index in [1.165, 1.54) is 53.7 Å². The van der Waals surface area contributed by atoms with Gasteiger partial charge in [0.25, 0.3) is 0 Å². The van der Waals surface area contributed by atoms with Gasteiger partial charge in [-0.05, 0) is 80.2 Å². The molecule has 5 rings (SSSR count). The molecule has 2 heterocycles. The summed E-state index contributed by atoms with van der Waals surface area (Å²) in [6.45, 7) is 7.19. The molecule has 1 fully saturated rings. The van der Waals surface area contributed by atoms with Gasteiger partial charge in [-0.3, -0.25) is 0 Å². The van der Waals surface area contributed by atoms with Crippen LogP contribution in [0.4, 0.5) is 0 Å². The van der Waals surface area contributed by atoms with E-state index in [1.807, 2.05) is 0 Å². The van der Waals surface area contributed by atoms with Gasteiger partial charge >= 0.3 is 0 Å². The summed E-state index contributed by atoms with van der Waals surface area (Å²) < 4.78 is 6.17. The number of hydrogen-bond acceptors (Lipinski definition) is 3. The Balaban J connectivity index is 0.00000126. The Kier molecular flexibility index (Phi) is 8.29. The lowest BCUT2D eigenvalue weighted by Crippen LogP contribution is -2.42. The number of fused-ring (bicyclic) bond motifs is 1. The lowest BCUT2D eigenvalue weighted by atomic mass is 9.70. The van der Waals surface area contributed by atoms with Gasteiger partial charge in [-0.25, -0.2) is 0 Å². The lowest BCUT2D eigenvalue weighted by Gasteiger charge is -2.42. The molecule has 0 amide bonds. The molecule has 0 aromatic heterocycles. The molecule has 3 aromatic carbocycles. The standard InChI is InChI=1S/C29H33NO.CH4S/c1-23-8-7-10-25(20-23)24-14-17-30(18-15-24)19-16-29(27-11-3-2-4-12-27)22-31-21-26-9-5-6-13-28(26)29;1-2/h2-13,20,24H,14-19,21-22H2,1H3;2H,1H3. The molecule has 0 N–H and O–H groups in total. The van der Waals surface area contributed by atoms with Crippen LogP contribution < -0.4 is 0 Å². The third-order valence-corrected chi connectivity index (χ3v) is 7.42. The van der Waals surface area contributed by atoms with Crippen molar-refractivity contribution in [1.29, 1.82) is 0 Å². The van der Waals surface area contributed by atoms with Gasteiger partial charge in [-0.15, -0.1) is 0 Å². The van der Waals surface area contributed by atoms with Crippen LogP contribution in [0.1, 0.15) is 53.0 Å². The quantitative estimate of drug-likeness (QED) is 0.430. The summed E-state index contributed by atoms with van der Waals surface area (Å²) in [6.07, 6.45) is 5.31. The van der Waals surface area contributed by atoms with Crippen molar-refractivity contribution in [2.24, 2.45) is 0 Å². The first-order chi connectivity index (χ1) is 16.2. The van der Waals surface area contributed by atoms with Crippen LogP contribution in [-0.4, -0.2) is 37.4 Å². The number of piperidine rings is 1. The molecule has 0 spiro atoms. The first-order valence-corrected chi connectivity index (χ1v) is 13.1. The number of aryl methyl sites for hydroxylation is 1. The van der Waals surface area contributed by atoms with E-state index in [1.54, 1.807) is 6.26 Å². The maximum Gasteiger partial charge on any atom is 0.0720 e. The zero-order valence-electron chi connectivity index (χ0n) is 20.0. The monoisotopic (exact) mass is 459 g/mol. The molecule has 33 heavy (non-hydrogen) atoms. The number of likely N-dealkylation sites (tertiary alicyclic amines) is 1. The topological polar surface area (TPSA) is 12.5 Å². The van der Waals surface area contributed by atoms with E-state index in [2.05, 4.69) is 103 Å². The Morgan fingerprint density at radius 2 is 1.64 bits per heavy atom. The van der Waals surface area contributed by atoms with Crippen molar-refractivity contribution in [3.05, 3.63) is 107 Å². The molecule has 1 atom stereocenters. The van der Waals surface area contributed by atoms with E-state index in [0.717, 1.165) is 26.2 Å². The van der Waals surface area contributed by atoms with Crippen LogP contribution >= 0.6 is 12.6 Å². The molecule has 0 bridgehead atoms. The fourth-order valence-corrected chi connectivity index (χ4v) is 5.64. The van der Waals surface area contributed by atoms with Crippen molar-refractivity contribution in [3.8, 4) is 0 Å². The molecule has 0 radical (unpaired) electrons. The molecule has 1 saturated heterocycles. The summed E-state index contributed by atoms with van der Waals surface area (Å²) in [4.78, 5) is 2.67. The van der Waals surface area contributed by atoms with Gasteiger partial charge in [-0.1, -0.05) is 84.4 Å². The molecule has 2 aliphatic heterocycles. The predicted molar refractivity (Wildman–Crippen MR) is 142 cm³/mol. The third-order valence-electron chi connectivity index (χ3n) is 7.42. The molecule has 3 aromatic rings. The summed E-state index contributed by atoms with van der Waals surface area (Å²) in [5.74, 6) is 0.706. The Hall–Kier alpha value is -2.07. The average Bonchev–Trinajstić information content (AvgIpc) is 2.89. The summed E-state index contributed by atoms with van der Waals surface area (Å²) in [5.41, 5.74) is 7.04. The van der Waals surface area contributed by atoms with Crippen LogP contribution in [0.2, 0.25) is 0 Å². The van der Waals surface area contributed by atoms with E-state index in [4.69, 9.17) is 4.74 Å². The van der Waals surface area contributed by atoms with E-state index in [-0.39, 0.29) is 5.41 Å². The fourth-order valence-electron chi connectivity index (χ4n) is 5.64. The second-order valence-electron chi connectivity index (χ2n) is 9.38. The maximum atomic E-state index is 6.17. The SMILES string of the molecule is CS.Cc1cccc(C2CCN(CCC3(c4ccccc4)COCc4ccccc43)CC2)c1. The lowest BCUT2D eigenvalue weighted by molar-refractivity contribution is 0.0561. The molecule has 3 heteroatoms. The molecular weight excluding hydrogens is 422 g/mol. The van der Waals surface area contributed by atoms with Gasteiger partial charge in [0.05, 0.1) is 13.2 Å². The minimum absolute atomic E-state index is 0.0521. The molecule has 2 aliphatic rings. The number of ether oxygens (including phenoxy) is 1. The minimum atomic E-state index is -0.0521. The highest BCUT2D eigenvalue weighted by Crippen LogP contribution is 2.41. The molecule has 0 aliphatic carbocycles. The fraction of sp³-hybridized carbons (Fsp3) is 0.400. The summed E-state index contributed by atoms with van der Waals surface area (Å²) in [5, 5.41) is 0. The van der Waals surface area contributed by atoms with Crippen molar-refractivity contribution in [3.63, 3.8) is 0 Å². The van der Waals surface area contributed by atoms with Crippen molar-refractivity contribution >= 4 is 12.6 Å². The first kappa shape index (κ1) is 24.1. The number of rotatable bonds is 5. The number of thiol groups is 1. The van der Waals surface area contributed by atoms with E-state index < -0.39 is 0 Å². The average molecular weight is 460 g/mol. The molecule has 2 nitrogen and oxygen atoms in total. The highest BCUT2D eigenvalue weighted by Gasteiger charge is 2.39. The minimum Gasteiger partial charge on any atom is -0.375 e. The van der Waals surface area contributed by atoms with Crippen LogP contribution in [-0.2, 0) is 16.8 Å². The van der Waals surface area contributed by atoms with Crippen LogP contribution in [0.5, 0.6) is 0 Å². The van der Waals surface area contributed by atoms with E-state index in [0.29, 0.717) is 5.92 Å².